The Labute approximate surface area is 205 Å². The molecule has 1 aliphatic heterocycles. The van der Waals surface area contributed by atoms with Crippen LogP contribution in [0.4, 0.5) is 0 Å². The minimum absolute atomic E-state index is 0.0234. The summed E-state index contributed by atoms with van der Waals surface area (Å²) >= 11 is 2.26. The van der Waals surface area contributed by atoms with E-state index in [0.29, 0.717) is 12.6 Å². The van der Waals surface area contributed by atoms with Crippen molar-refractivity contribution < 1.29 is 9.59 Å². The highest BCUT2D eigenvalue weighted by Gasteiger charge is 2.46. The third-order valence-corrected chi connectivity index (χ3v) is 10.1. The number of carbonyl (C=O) groups excluding carboxylic acids is 2. The highest BCUT2D eigenvalue weighted by Crippen LogP contribution is 2.32. The largest absolute Gasteiger partial charge is 0.348 e. The van der Waals surface area contributed by atoms with Crippen LogP contribution < -0.4 is 11.1 Å². The van der Waals surface area contributed by atoms with Crippen LogP contribution >= 0.6 is 22.6 Å². The highest BCUT2D eigenvalue weighted by atomic mass is 127. The molecule has 1 heterocycles. The number of nitrogens with one attached hydrogen (secondary N) is 1. The van der Waals surface area contributed by atoms with Gasteiger partial charge in [-0.1, -0.05) is 49.5 Å². The van der Waals surface area contributed by atoms with Gasteiger partial charge in [-0.05, 0) is 83.1 Å². The van der Waals surface area contributed by atoms with E-state index in [0.717, 1.165) is 34.4 Å². The Morgan fingerprint density at radius 1 is 1.19 bits per heavy atom. The van der Waals surface area contributed by atoms with Crippen LogP contribution in [0, 0.1) is 3.57 Å². The van der Waals surface area contributed by atoms with Gasteiger partial charge in [0.2, 0.25) is 11.8 Å². The summed E-state index contributed by atoms with van der Waals surface area (Å²) in [6.07, 6.45) is 4.24. The van der Waals surface area contributed by atoms with Gasteiger partial charge in [0.1, 0.15) is 6.04 Å². The Morgan fingerprint density at radius 3 is 2.66 bits per heavy atom. The van der Waals surface area contributed by atoms with Gasteiger partial charge in [-0.25, -0.2) is 0 Å². The van der Waals surface area contributed by atoms with E-state index in [1.54, 1.807) is 4.90 Å². The van der Waals surface area contributed by atoms with Gasteiger partial charge < -0.3 is 16.0 Å². The van der Waals surface area contributed by atoms with Crippen molar-refractivity contribution in [1.82, 2.24) is 10.2 Å². The fourth-order valence-electron chi connectivity index (χ4n) is 5.08. The zero-order chi connectivity index (χ0) is 22.9. The fourth-order valence-corrected chi connectivity index (χ4v) is 8.32. The van der Waals surface area contributed by atoms with Crippen molar-refractivity contribution in [3.05, 3.63) is 68.8 Å². The van der Waals surface area contributed by atoms with Crippen LogP contribution in [-0.4, -0.2) is 43.0 Å². The second-order valence-corrected chi connectivity index (χ2v) is 16.2. The summed E-state index contributed by atoms with van der Waals surface area (Å²) in [7, 11) is -1.69. The summed E-state index contributed by atoms with van der Waals surface area (Å²) in [5.41, 5.74) is 9.93. The molecule has 0 radical (unpaired) electrons. The molecule has 2 aromatic carbocycles. The summed E-state index contributed by atoms with van der Waals surface area (Å²) in [6.45, 7) is 4.50. The van der Waals surface area contributed by atoms with Gasteiger partial charge >= 0.3 is 0 Å². The van der Waals surface area contributed by atoms with Gasteiger partial charge in [0.05, 0.1) is 20.2 Å². The Bertz CT molecular complexity index is 995. The zero-order valence-electron chi connectivity index (χ0n) is 18.8. The van der Waals surface area contributed by atoms with E-state index >= 15 is 0 Å². The van der Waals surface area contributed by atoms with Crippen molar-refractivity contribution in [3.8, 4) is 0 Å². The Hall–Kier alpha value is -1.71. The minimum atomic E-state index is -1.69. The molecule has 2 amide bonds. The smallest absolute Gasteiger partial charge is 0.242 e. The van der Waals surface area contributed by atoms with Crippen LogP contribution in [-0.2, 0) is 22.4 Å². The molecule has 0 saturated carbocycles. The van der Waals surface area contributed by atoms with Crippen LogP contribution in [0.1, 0.15) is 35.6 Å². The fraction of sp³-hybridized carbons (Fsp3) is 0.440. The number of nitrogens with two attached hydrogens (primary N) is 1. The number of carbonyl (C=O) groups is 2. The molecule has 0 bridgehead atoms. The maximum absolute atomic E-state index is 13.4. The van der Waals surface area contributed by atoms with E-state index in [2.05, 4.69) is 59.2 Å². The second kappa shape index (κ2) is 9.65. The van der Waals surface area contributed by atoms with Crippen LogP contribution in [0.3, 0.4) is 0 Å². The molecule has 2 aliphatic rings. The number of rotatable bonds is 5. The van der Waals surface area contributed by atoms with Crippen molar-refractivity contribution in [1.29, 1.82) is 0 Å². The monoisotopic (exact) mass is 561 g/mol. The first-order valence-electron chi connectivity index (χ1n) is 11.4. The zero-order valence-corrected chi connectivity index (χ0v) is 22.0. The molecule has 1 saturated heterocycles. The number of fused-ring (bicyclic) bond motifs is 1. The van der Waals surface area contributed by atoms with Crippen LogP contribution in [0.25, 0.3) is 0 Å². The van der Waals surface area contributed by atoms with E-state index in [9.17, 15) is 9.59 Å². The first-order chi connectivity index (χ1) is 15.2. The molecule has 1 aliphatic carbocycles. The molecule has 2 aromatic rings. The molecule has 3 N–H and O–H groups in total. The lowest BCUT2D eigenvalue weighted by Gasteiger charge is -2.31. The Morgan fingerprint density at radius 2 is 1.91 bits per heavy atom. The molecule has 5 nitrogen and oxygen atoms in total. The maximum atomic E-state index is 13.4. The molecule has 4 rings (SSSR count). The first-order valence-corrected chi connectivity index (χ1v) is 15.9. The third kappa shape index (κ3) is 5.26. The maximum Gasteiger partial charge on any atom is 0.242 e. The predicted molar refractivity (Wildman–Crippen MR) is 139 cm³/mol. The van der Waals surface area contributed by atoms with Crippen molar-refractivity contribution in [2.24, 2.45) is 5.73 Å². The molecule has 32 heavy (non-hydrogen) atoms. The van der Waals surface area contributed by atoms with Gasteiger partial charge in [-0.3, -0.25) is 9.59 Å². The number of nitrogens with zero attached hydrogens (tertiary/aromatic N) is 1. The summed E-state index contributed by atoms with van der Waals surface area (Å²) in [5.74, 6) is -0.134. The van der Waals surface area contributed by atoms with E-state index in [-0.39, 0.29) is 17.9 Å². The molecule has 0 aromatic heterocycles. The van der Waals surface area contributed by atoms with E-state index in [1.807, 2.05) is 30.3 Å². The lowest BCUT2D eigenvalue weighted by molar-refractivity contribution is -0.139. The lowest BCUT2D eigenvalue weighted by Crippen LogP contribution is -2.52. The Kier molecular flexibility index (Phi) is 7.07. The average molecular weight is 562 g/mol. The van der Waals surface area contributed by atoms with Crippen molar-refractivity contribution in [2.75, 3.05) is 6.17 Å². The number of amides is 2. The summed E-state index contributed by atoms with van der Waals surface area (Å²) in [6, 6.07) is 16.2. The standard InChI is InChI=1S/C25H32IN3O2Si/c1-32(2)15-23(24(30)28-22-9-5-7-18-6-3-4-8-20(18)22)29(16-32)25(31)21(27)14-17-10-12-19(26)13-11-17/h3-4,6,8,10-13,21-23H,5,7,9,14-16,27H2,1-2H3,(H,28,30)/t21?,22-,23?/m1/s1. The molecule has 2 unspecified atom stereocenters. The van der Waals surface area contributed by atoms with Crippen LogP contribution in [0.5, 0.6) is 0 Å². The molecule has 1 fully saturated rings. The number of halogens is 1. The van der Waals surface area contributed by atoms with Gasteiger partial charge in [-0.15, -0.1) is 0 Å². The lowest BCUT2D eigenvalue weighted by atomic mass is 9.87. The summed E-state index contributed by atoms with van der Waals surface area (Å²) in [4.78, 5) is 28.6. The third-order valence-electron chi connectivity index (χ3n) is 6.68. The first kappa shape index (κ1) is 23.4. The van der Waals surface area contributed by atoms with Gasteiger partial charge in [0, 0.05) is 9.74 Å². The summed E-state index contributed by atoms with van der Waals surface area (Å²) in [5, 5.41) is 3.28. The summed E-state index contributed by atoms with van der Waals surface area (Å²) < 4.78 is 1.15. The van der Waals surface area contributed by atoms with Gasteiger partial charge in [-0.2, -0.15) is 0 Å². The number of aryl methyl sites for hydroxylation is 1. The van der Waals surface area contributed by atoms with Gasteiger partial charge in [0.25, 0.3) is 0 Å². The molecule has 3 atom stereocenters. The predicted octanol–water partition coefficient (Wildman–Crippen LogP) is 3.81. The van der Waals surface area contributed by atoms with Crippen molar-refractivity contribution in [2.45, 2.75) is 62.9 Å². The number of benzene rings is 2. The van der Waals surface area contributed by atoms with Crippen LogP contribution in [0.2, 0.25) is 19.1 Å². The highest BCUT2D eigenvalue weighted by molar-refractivity contribution is 14.1. The second-order valence-electron chi connectivity index (χ2n) is 9.94. The SMILES string of the molecule is C[Si]1(C)CC(C(=O)N[C@@H]2CCCc3ccccc32)N(C(=O)C(N)Cc2ccc(I)cc2)C1. The normalized spacial score (nSPS) is 22.8. The van der Waals surface area contributed by atoms with E-state index in [4.69, 9.17) is 5.73 Å². The van der Waals surface area contributed by atoms with E-state index < -0.39 is 20.2 Å². The molecule has 7 heteroatoms. The quantitative estimate of drug-likeness (QED) is 0.431. The molecule has 0 spiro atoms. The van der Waals surface area contributed by atoms with Crippen molar-refractivity contribution >= 4 is 42.5 Å². The van der Waals surface area contributed by atoms with Gasteiger partial charge in [0.15, 0.2) is 0 Å². The molecular weight excluding hydrogens is 529 g/mol. The Balaban J connectivity index is 1.47. The number of hydrogen-bond acceptors (Lipinski definition) is 3. The van der Waals surface area contributed by atoms with Crippen LogP contribution in [0.15, 0.2) is 48.5 Å². The topological polar surface area (TPSA) is 75.4 Å². The molecular formula is C25H32IN3O2Si. The average Bonchev–Trinajstić information content (AvgIpc) is 3.10. The minimum Gasteiger partial charge on any atom is -0.348 e. The molecule has 170 valence electrons. The van der Waals surface area contributed by atoms with E-state index in [1.165, 1.54) is 11.1 Å². The van der Waals surface area contributed by atoms with Crippen molar-refractivity contribution in [3.63, 3.8) is 0 Å². The number of hydrogen-bond donors (Lipinski definition) is 2.